The van der Waals surface area contributed by atoms with E-state index in [0.29, 0.717) is 19.6 Å². The molecule has 1 N–H and O–H groups in total. The van der Waals surface area contributed by atoms with Crippen molar-refractivity contribution in [3.05, 3.63) is 60.4 Å². The van der Waals surface area contributed by atoms with Crippen LogP contribution in [-0.2, 0) is 16.1 Å². The molecule has 0 radical (unpaired) electrons. The Hall–Kier alpha value is -2.66. The molecule has 0 aliphatic carbocycles. The van der Waals surface area contributed by atoms with Gasteiger partial charge in [0.05, 0.1) is 30.4 Å². The lowest BCUT2D eigenvalue weighted by atomic mass is 10.2. The number of amides is 1. The average Bonchev–Trinajstić information content (AvgIpc) is 2.96. The highest BCUT2D eigenvalue weighted by molar-refractivity contribution is 5.90. The summed E-state index contributed by atoms with van der Waals surface area (Å²) in [7, 11) is 1.59. The second-order valence-electron chi connectivity index (χ2n) is 5.35. The molecule has 5 nitrogen and oxygen atoms in total. The van der Waals surface area contributed by atoms with Gasteiger partial charge in [0.25, 0.3) is 0 Å². The molecule has 0 saturated carbocycles. The summed E-state index contributed by atoms with van der Waals surface area (Å²) in [6, 6.07) is 15.9. The van der Waals surface area contributed by atoms with Gasteiger partial charge in [-0.2, -0.15) is 0 Å². The Morgan fingerprint density at radius 1 is 1.22 bits per heavy atom. The van der Waals surface area contributed by atoms with Crippen LogP contribution in [-0.4, -0.2) is 29.2 Å². The maximum atomic E-state index is 11.8. The molecule has 0 spiro atoms. The van der Waals surface area contributed by atoms with Crippen molar-refractivity contribution in [1.82, 2.24) is 9.55 Å². The predicted octanol–water partition coefficient (Wildman–Crippen LogP) is 3.06. The molecular weight excluding hydrogens is 290 g/mol. The molecule has 0 aliphatic rings. The van der Waals surface area contributed by atoms with Crippen LogP contribution >= 0.6 is 0 Å². The van der Waals surface area contributed by atoms with Gasteiger partial charge in [0.15, 0.2) is 0 Å². The molecule has 118 valence electrons. The van der Waals surface area contributed by atoms with Crippen LogP contribution in [0.3, 0.4) is 0 Å². The largest absolute Gasteiger partial charge is 0.384 e. The summed E-state index contributed by atoms with van der Waals surface area (Å²) >= 11 is 0. The highest BCUT2D eigenvalue weighted by Crippen LogP contribution is 2.16. The van der Waals surface area contributed by atoms with E-state index < -0.39 is 0 Å². The number of benzene rings is 2. The number of hydrogen-bond acceptors (Lipinski definition) is 3. The minimum atomic E-state index is -0.0444. The van der Waals surface area contributed by atoms with E-state index in [4.69, 9.17) is 4.74 Å². The molecule has 1 heterocycles. The number of nitrogens with one attached hydrogen (secondary N) is 1. The number of carbonyl (C=O) groups excluding carboxylic acids is 1. The van der Waals surface area contributed by atoms with E-state index in [-0.39, 0.29) is 5.91 Å². The number of para-hydroxylation sites is 2. The zero-order chi connectivity index (χ0) is 16.1. The lowest BCUT2D eigenvalue weighted by Crippen LogP contribution is -2.13. The molecule has 0 unspecified atom stereocenters. The van der Waals surface area contributed by atoms with Crippen LogP contribution in [0, 0.1) is 0 Å². The number of aromatic nitrogens is 2. The van der Waals surface area contributed by atoms with Crippen LogP contribution in [0.25, 0.3) is 11.0 Å². The predicted molar refractivity (Wildman–Crippen MR) is 90.4 cm³/mol. The quantitative estimate of drug-likeness (QED) is 0.761. The minimum absolute atomic E-state index is 0.0444. The highest BCUT2D eigenvalue weighted by Gasteiger charge is 2.05. The zero-order valence-electron chi connectivity index (χ0n) is 13.0. The van der Waals surface area contributed by atoms with Crippen molar-refractivity contribution in [3.8, 4) is 0 Å². The van der Waals surface area contributed by atoms with Crippen LogP contribution in [0.15, 0.2) is 54.9 Å². The van der Waals surface area contributed by atoms with Crippen molar-refractivity contribution in [3.63, 3.8) is 0 Å². The van der Waals surface area contributed by atoms with Gasteiger partial charge in [-0.05, 0) is 29.8 Å². The number of ether oxygens (including phenoxy) is 1. The van der Waals surface area contributed by atoms with Gasteiger partial charge in [0.1, 0.15) is 0 Å². The molecule has 0 aliphatic heterocycles. The van der Waals surface area contributed by atoms with Crippen molar-refractivity contribution in [2.24, 2.45) is 0 Å². The minimum Gasteiger partial charge on any atom is -0.384 e. The summed E-state index contributed by atoms with van der Waals surface area (Å²) in [5.41, 5.74) is 3.99. The number of hydrogen-bond donors (Lipinski definition) is 1. The third-order valence-electron chi connectivity index (χ3n) is 3.62. The summed E-state index contributed by atoms with van der Waals surface area (Å²) in [5, 5.41) is 2.89. The third-order valence-corrected chi connectivity index (χ3v) is 3.62. The SMILES string of the molecule is COCCC(=O)Nc1cccc(Cn2cnc3ccccc32)c1. The number of rotatable bonds is 6. The van der Waals surface area contributed by atoms with Gasteiger partial charge in [-0.1, -0.05) is 24.3 Å². The van der Waals surface area contributed by atoms with E-state index >= 15 is 0 Å². The number of fused-ring (bicyclic) bond motifs is 1. The molecule has 1 aromatic heterocycles. The smallest absolute Gasteiger partial charge is 0.226 e. The number of carbonyl (C=O) groups is 1. The summed E-state index contributed by atoms with van der Waals surface area (Å²) in [6.45, 7) is 1.13. The van der Waals surface area contributed by atoms with Crippen molar-refractivity contribution >= 4 is 22.6 Å². The molecule has 0 saturated heterocycles. The molecule has 3 rings (SSSR count). The molecule has 5 heteroatoms. The third kappa shape index (κ3) is 3.76. The fraction of sp³-hybridized carbons (Fsp3) is 0.222. The van der Waals surface area contributed by atoms with E-state index in [1.165, 1.54) is 0 Å². The van der Waals surface area contributed by atoms with Crippen molar-refractivity contribution in [1.29, 1.82) is 0 Å². The second kappa shape index (κ2) is 7.07. The number of imidazole rings is 1. The van der Waals surface area contributed by atoms with Crippen molar-refractivity contribution in [2.45, 2.75) is 13.0 Å². The van der Waals surface area contributed by atoms with E-state index in [2.05, 4.69) is 20.9 Å². The van der Waals surface area contributed by atoms with Gasteiger partial charge in [0, 0.05) is 19.3 Å². The van der Waals surface area contributed by atoms with E-state index in [1.54, 1.807) is 7.11 Å². The molecule has 3 aromatic rings. The van der Waals surface area contributed by atoms with Gasteiger partial charge in [-0.15, -0.1) is 0 Å². The normalized spacial score (nSPS) is 10.8. The molecule has 23 heavy (non-hydrogen) atoms. The Balaban J connectivity index is 1.74. The number of nitrogens with zero attached hydrogens (tertiary/aromatic N) is 2. The maximum Gasteiger partial charge on any atom is 0.226 e. The summed E-state index contributed by atoms with van der Waals surface area (Å²) in [4.78, 5) is 16.2. The van der Waals surface area contributed by atoms with Gasteiger partial charge >= 0.3 is 0 Å². The zero-order valence-corrected chi connectivity index (χ0v) is 13.0. The molecule has 2 aromatic carbocycles. The Morgan fingerprint density at radius 3 is 2.96 bits per heavy atom. The topological polar surface area (TPSA) is 56.1 Å². The standard InChI is InChI=1S/C18H19N3O2/c1-23-10-9-18(22)20-15-6-4-5-14(11-15)12-21-13-19-16-7-2-3-8-17(16)21/h2-8,11,13H,9-10,12H2,1H3,(H,20,22). The summed E-state index contributed by atoms with van der Waals surface area (Å²) in [5.74, 6) is -0.0444. The van der Waals surface area contributed by atoms with Gasteiger partial charge in [0.2, 0.25) is 5.91 Å². The Morgan fingerprint density at radius 2 is 2.09 bits per heavy atom. The lowest BCUT2D eigenvalue weighted by Gasteiger charge is -2.09. The van der Waals surface area contributed by atoms with Crippen molar-refractivity contribution < 1.29 is 9.53 Å². The molecule has 0 atom stereocenters. The van der Waals surface area contributed by atoms with E-state index in [1.807, 2.05) is 48.8 Å². The van der Waals surface area contributed by atoms with Crippen LogP contribution in [0.4, 0.5) is 5.69 Å². The highest BCUT2D eigenvalue weighted by atomic mass is 16.5. The van der Waals surface area contributed by atoms with Crippen LogP contribution < -0.4 is 5.32 Å². The van der Waals surface area contributed by atoms with Gasteiger partial charge in [-0.25, -0.2) is 4.98 Å². The Bertz CT molecular complexity index is 811. The summed E-state index contributed by atoms with van der Waals surface area (Å²) in [6.07, 6.45) is 2.20. The Labute approximate surface area is 134 Å². The first-order valence-corrected chi connectivity index (χ1v) is 7.54. The molecular formula is C18H19N3O2. The van der Waals surface area contributed by atoms with E-state index in [9.17, 15) is 4.79 Å². The summed E-state index contributed by atoms with van der Waals surface area (Å²) < 4.78 is 7.01. The Kier molecular flexibility index (Phi) is 4.68. The van der Waals surface area contributed by atoms with Crippen molar-refractivity contribution in [2.75, 3.05) is 19.0 Å². The lowest BCUT2D eigenvalue weighted by molar-refractivity contribution is -0.117. The maximum absolute atomic E-state index is 11.8. The molecule has 0 bridgehead atoms. The molecule has 0 fully saturated rings. The van der Waals surface area contributed by atoms with Crippen LogP contribution in [0.2, 0.25) is 0 Å². The first-order valence-electron chi connectivity index (χ1n) is 7.54. The first kappa shape index (κ1) is 15.2. The van der Waals surface area contributed by atoms with Gasteiger partial charge in [-0.3, -0.25) is 4.79 Å². The van der Waals surface area contributed by atoms with E-state index in [0.717, 1.165) is 22.3 Å². The number of anilines is 1. The first-order chi connectivity index (χ1) is 11.3. The fourth-order valence-electron chi connectivity index (χ4n) is 2.50. The van der Waals surface area contributed by atoms with Gasteiger partial charge < -0.3 is 14.6 Å². The second-order valence-corrected chi connectivity index (χ2v) is 5.35. The molecule has 1 amide bonds. The fourth-order valence-corrected chi connectivity index (χ4v) is 2.50. The monoisotopic (exact) mass is 309 g/mol. The average molecular weight is 309 g/mol. The van der Waals surface area contributed by atoms with Crippen LogP contribution in [0.5, 0.6) is 0 Å². The van der Waals surface area contributed by atoms with Crippen LogP contribution in [0.1, 0.15) is 12.0 Å². The number of methoxy groups -OCH3 is 1.